The first-order valence-electron chi connectivity index (χ1n) is 10.9. The minimum absolute atomic E-state index is 0.0778. The number of aromatic nitrogens is 1. The summed E-state index contributed by atoms with van der Waals surface area (Å²) in [6.45, 7) is 2.83. The molecule has 0 unspecified atom stereocenters. The highest BCUT2D eigenvalue weighted by molar-refractivity contribution is 8.00. The van der Waals surface area contributed by atoms with Crippen molar-refractivity contribution < 1.29 is 17.9 Å². The van der Waals surface area contributed by atoms with Crippen LogP contribution in [0.3, 0.4) is 0 Å². The third-order valence-corrected chi connectivity index (χ3v) is 6.97. The van der Waals surface area contributed by atoms with E-state index in [0.717, 1.165) is 55.2 Å². The number of thioether (sulfide) groups is 1. The molecule has 1 aromatic heterocycles. The highest BCUT2D eigenvalue weighted by atomic mass is 32.2. The fourth-order valence-corrected chi connectivity index (χ4v) is 4.88. The van der Waals surface area contributed by atoms with E-state index in [1.54, 1.807) is 36.7 Å². The van der Waals surface area contributed by atoms with Gasteiger partial charge in [0.15, 0.2) is 0 Å². The quantitative estimate of drug-likeness (QED) is 0.389. The summed E-state index contributed by atoms with van der Waals surface area (Å²) in [5, 5.41) is 0. The summed E-state index contributed by atoms with van der Waals surface area (Å²) in [7, 11) is 0. The van der Waals surface area contributed by atoms with Crippen LogP contribution in [0.1, 0.15) is 24.0 Å². The molecule has 4 nitrogen and oxygen atoms in total. The molecule has 5 rings (SSSR count). The molecule has 0 bridgehead atoms. The van der Waals surface area contributed by atoms with Gasteiger partial charge in [-0.15, -0.1) is 0 Å². The van der Waals surface area contributed by atoms with E-state index in [0.29, 0.717) is 6.61 Å². The van der Waals surface area contributed by atoms with E-state index in [9.17, 15) is 13.2 Å². The minimum atomic E-state index is -4.27. The molecule has 1 spiro atoms. The average Bonchev–Trinajstić information content (AvgIpc) is 3.49. The molecule has 8 heteroatoms. The molecule has 2 aliphatic rings. The molecule has 0 amide bonds. The Kier molecular flexibility index (Phi) is 5.97. The van der Waals surface area contributed by atoms with Crippen LogP contribution in [0.5, 0.6) is 5.75 Å². The Morgan fingerprint density at radius 2 is 1.76 bits per heavy atom. The fraction of sp³-hybridized carbons (Fsp3) is 0.320. The van der Waals surface area contributed by atoms with Crippen LogP contribution in [0.2, 0.25) is 0 Å². The maximum Gasteiger partial charge on any atom is 0.446 e. The molecule has 0 radical (unpaired) electrons. The lowest BCUT2D eigenvalue weighted by atomic mass is 10.2. The number of hydrogen-bond donors (Lipinski definition) is 0. The van der Waals surface area contributed by atoms with Gasteiger partial charge in [0.05, 0.1) is 12.9 Å². The molecule has 1 aliphatic carbocycles. The standard InChI is InChI=1S/C25H24F3N3OS/c26-25(27,28)33-22-8-6-21(7-9-22)30-17-24(11-12-24)31(18-30)15-20-10-13-29-14-23(20)32-16-19-4-2-1-3-5-19/h1-10,13-14H,11-12,15-18H2. The monoisotopic (exact) mass is 471 g/mol. The maximum atomic E-state index is 12.6. The zero-order valence-corrected chi connectivity index (χ0v) is 18.8. The number of anilines is 1. The van der Waals surface area contributed by atoms with E-state index >= 15 is 0 Å². The Hall–Kier alpha value is -2.71. The van der Waals surface area contributed by atoms with Gasteiger partial charge in [0.2, 0.25) is 0 Å². The Balaban J connectivity index is 1.27. The SMILES string of the molecule is FC(F)(F)Sc1ccc(N2CN(Cc3ccncc3OCc3ccccc3)C3(CC3)C2)cc1. The third-order valence-electron chi connectivity index (χ3n) is 6.23. The lowest BCUT2D eigenvalue weighted by molar-refractivity contribution is -0.0328. The molecule has 1 aliphatic heterocycles. The van der Waals surface area contributed by atoms with Crippen LogP contribution in [0, 0.1) is 0 Å². The lowest BCUT2D eigenvalue weighted by Crippen LogP contribution is -2.32. The number of halogens is 3. The van der Waals surface area contributed by atoms with Crippen LogP contribution in [0.15, 0.2) is 78.0 Å². The lowest BCUT2D eigenvalue weighted by Gasteiger charge is -2.24. The molecule has 3 aromatic rings. The van der Waals surface area contributed by atoms with Crippen LogP contribution < -0.4 is 9.64 Å². The van der Waals surface area contributed by atoms with Crippen molar-refractivity contribution in [1.82, 2.24) is 9.88 Å². The van der Waals surface area contributed by atoms with Crippen molar-refractivity contribution >= 4 is 17.4 Å². The van der Waals surface area contributed by atoms with E-state index in [1.165, 1.54) is 0 Å². The van der Waals surface area contributed by atoms with Crippen molar-refractivity contribution in [3.63, 3.8) is 0 Å². The van der Waals surface area contributed by atoms with Gasteiger partial charge in [0.1, 0.15) is 12.4 Å². The zero-order valence-electron chi connectivity index (χ0n) is 18.0. The molecule has 33 heavy (non-hydrogen) atoms. The van der Waals surface area contributed by atoms with Crippen molar-refractivity contribution in [1.29, 1.82) is 0 Å². The summed E-state index contributed by atoms with van der Waals surface area (Å²) >= 11 is -0.0778. The smallest absolute Gasteiger partial charge is 0.446 e. The van der Waals surface area contributed by atoms with Gasteiger partial charge in [0, 0.05) is 41.0 Å². The van der Waals surface area contributed by atoms with Crippen LogP contribution in [0.25, 0.3) is 0 Å². The van der Waals surface area contributed by atoms with Crippen molar-refractivity contribution in [2.45, 2.75) is 41.9 Å². The van der Waals surface area contributed by atoms with Crippen molar-refractivity contribution in [2.75, 3.05) is 18.1 Å². The number of alkyl halides is 3. The molecule has 1 saturated heterocycles. The minimum Gasteiger partial charge on any atom is -0.487 e. The predicted molar refractivity (Wildman–Crippen MR) is 123 cm³/mol. The number of nitrogens with zero attached hydrogens (tertiary/aromatic N) is 3. The highest BCUT2D eigenvalue weighted by Gasteiger charge is 2.53. The van der Waals surface area contributed by atoms with Gasteiger partial charge in [0.25, 0.3) is 0 Å². The van der Waals surface area contributed by atoms with E-state index in [4.69, 9.17) is 4.74 Å². The molecule has 1 saturated carbocycles. The van der Waals surface area contributed by atoms with Crippen LogP contribution >= 0.6 is 11.8 Å². The van der Waals surface area contributed by atoms with E-state index in [1.807, 2.05) is 36.4 Å². The van der Waals surface area contributed by atoms with E-state index in [-0.39, 0.29) is 22.2 Å². The van der Waals surface area contributed by atoms with Gasteiger partial charge in [-0.2, -0.15) is 13.2 Å². The molecule has 2 fully saturated rings. The Bertz CT molecular complexity index is 1090. The number of benzene rings is 2. The molecule has 2 aromatic carbocycles. The Morgan fingerprint density at radius 1 is 1.00 bits per heavy atom. The predicted octanol–water partition coefficient (Wildman–Crippen LogP) is 6.08. The second-order valence-electron chi connectivity index (χ2n) is 8.56. The van der Waals surface area contributed by atoms with Crippen LogP contribution in [-0.2, 0) is 13.2 Å². The molecule has 0 atom stereocenters. The Morgan fingerprint density at radius 3 is 2.45 bits per heavy atom. The van der Waals surface area contributed by atoms with Gasteiger partial charge in [-0.05, 0) is 60.5 Å². The van der Waals surface area contributed by atoms with Crippen LogP contribution in [0.4, 0.5) is 18.9 Å². The summed E-state index contributed by atoms with van der Waals surface area (Å²) in [6.07, 6.45) is 5.80. The largest absolute Gasteiger partial charge is 0.487 e. The highest BCUT2D eigenvalue weighted by Crippen LogP contribution is 2.48. The number of pyridine rings is 1. The normalized spacial score (nSPS) is 17.5. The van der Waals surface area contributed by atoms with E-state index in [2.05, 4.69) is 14.8 Å². The molecule has 172 valence electrons. The third kappa shape index (κ3) is 5.28. The van der Waals surface area contributed by atoms with Crippen molar-refractivity contribution in [3.8, 4) is 5.75 Å². The summed E-state index contributed by atoms with van der Waals surface area (Å²) in [4.78, 5) is 9.16. The first-order valence-corrected chi connectivity index (χ1v) is 11.7. The van der Waals surface area contributed by atoms with Gasteiger partial charge < -0.3 is 9.64 Å². The first kappa shape index (κ1) is 22.1. The maximum absolute atomic E-state index is 12.6. The van der Waals surface area contributed by atoms with Crippen molar-refractivity contribution in [3.05, 3.63) is 84.2 Å². The fourth-order valence-electron chi connectivity index (χ4n) is 4.34. The van der Waals surface area contributed by atoms with Gasteiger partial charge in [-0.3, -0.25) is 9.88 Å². The Labute approximate surface area is 195 Å². The average molecular weight is 472 g/mol. The van der Waals surface area contributed by atoms with Crippen LogP contribution in [-0.4, -0.2) is 34.1 Å². The molecular weight excluding hydrogens is 447 g/mol. The van der Waals surface area contributed by atoms with Gasteiger partial charge in [-0.1, -0.05) is 30.3 Å². The molecular formula is C25H24F3N3OS. The summed E-state index contributed by atoms with van der Waals surface area (Å²) in [5.41, 5.74) is -1.00. The van der Waals surface area contributed by atoms with E-state index < -0.39 is 5.51 Å². The topological polar surface area (TPSA) is 28.6 Å². The summed E-state index contributed by atoms with van der Waals surface area (Å²) in [6, 6.07) is 18.7. The molecule has 0 N–H and O–H groups in total. The zero-order chi connectivity index (χ0) is 22.9. The first-order chi connectivity index (χ1) is 15.9. The number of rotatable bonds is 7. The summed E-state index contributed by atoms with van der Waals surface area (Å²) < 4.78 is 44.0. The van der Waals surface area contributed by atoms with Gasteiger partial charge in [-0.25, -0.2) is 0 Å². The molecule has 2 heterocycles. The second kappa shape index (κ2) is 8.91. The number of ether oxygens (including phenoxy) is 1. The number of hydrogen-bond acceptors (Lipinski definition) is 5. The van der Waals surface area contributed by atoms with Crippen molar-refractivity contribution in [2.24, 2.45) is 0 Å². The second-order valence-corrected chi connectivity index (χ2v) is 9.70. The summed E-state index contributed by atoms with van der Waals surface area (Å²) in [5.74, 6) is 0.782. The van der Waals surface area contributed by atoms with Gasteiger partial charge >= 0.3 is 5.51 Å².